The molecule has 1 aromatic heterocycles. The van der Waals surface area contributed by atoms with Crippen molar-refractivity contribution in [2.45, 2.75) is 25.9 Å². The summed E-state index contributed by atoms with van der Waals surface area (Å²) >= 11 is 0. The summed E-state index contributed by atoms with van der Waals surface area (Å²) in [6, 6.07) is -0.00162. The number of aromatic nitrogens is 2. The predicted molar refractivity (Wildman–Crippen MR) is 54.7 cm³/mol. The summed E-state index contributed by atoms with van der Waals surface area (Å²) in [4.78, 5) is 10.8. The van der Waals surface area contributed by atoms with E-state index in [1.807, 2.05) is 6.92 Å². The van der Waals surface area contributed by atoms with Gasteiger partial charge in [0.15, 0.2) is 0 Å². The SMILES string of the molecule is CC(N)c1ncnc2c1CN(C)CC2. The van der Waals surface area contributed by atoms with Crippen LogP contribution in [0.3, 0.4) is 0 Å². The first-order valence-corrected chi connectivity index (χ1v) is 4.95. The van der Waals surface area contributed by atoms with Crippen molar-refractivity contribution in [3.63, 3.8) is 0 Å². The van der Waals surface area contributed by atoms with Gasteiger partial charge in [-0.2, -0.15) is 0 Å². The van der Waals surface area contributed by atoms with Crippen LogP contribution in [0.25, 0.3) is 0 Å². The van der Waals surface area contributed by atoms with E-state index in [-0.39, 0.29) is 6.04 Å². The fraction of sp³-hybridized carbons (Fsp3) is 0.600. The summed E-state index contributed by atoms with van der Waals surface area (Å²) in [6.07, 6.45) is 2.64. The molecule has 2 heterocycles. The van der Waals surface area contributed by atoms with Crippen LogP contribution in [0.4, 0.5) is 0 Å². The monoisotopic (exact) mass is 192 g/mol. The number of likely N-dealkylation sites (N-methyl/N-ethyl adjacent to an activating group) is 1. The van der Waals surface area contributed by atoms with Crippen LogP contribution in [0.15, 0.2) is 6.33 Å². The van der Waals surface area contributed by atoms with E-state index in [0.717, 1.165) is 25.2 Å². The van der Waals surface area contributed by atoms with Crippen molar-refractivity contribution in [2.24, 2.45) is 5.73 Å². The molecule has 1 atom stereocenters. The molecule has 0 amide bonds. The number of hydrogen-bond donors (Lipinski definition) is 1. The zero-order valence-corrected chi connectivity index (χ0v) is 8.70. The zero-order valence-electron chi connectivity index (χ0n) is 8.70. The molecule has 2 rings (SSSR count). The molecule has 0 aromatic carbocycles. The highest BCUT2D eigenvalue weighted by atomic mass is 15.1. The van der Waals surface area contributed by atoms with Crippen molar-refractivity contribution in [1.82, 2.24) is 14.9 Å². The first-order valence-electron chi connectivity index (χ1n) is 4.95. The molecule has 14 heavy (non-hydrogen) atoms. The predicted octanol–water partition coefficient (Wildman–Crippen LogP) is 0.484. The third-order valence-electron chi connectivity index (χ3n) is 2.66. The highest BCUT2D eigenvalue weighted by molar-refractivity contribution is 5.28. The molecule has 4 heteroatoms. The molecule has 0 saturated heterocycles. The Bertz CT molecular complexity index is 335. The molecule has 0 aliphatic carbocycles. The third-order valence-corrected chi connectivity index (χ3v) is 2.66. The average Bonchev–Trinajstić information content (AvgIpc) is 2.16. The van der Waals surface area contributed by atoms with Crippen molar-refractivity contribution in [2.75, 3.05) is 13.6 Å². The summed E-state index contributed by atoms with van der Waals surface area (Å²) in [7, 11) is 2.11. The van der Waals surface area contributed by atoms with E-state index in [9.17, 15) is 0 Å². The van der Waals surface area contributed by atoms with Crippen LogP contribution in [0.2, 0.25) is 0 Å². The topological polar surface area (TPSA) is 55.0 Å². The van der Waals surface area contributed by atoms with Crippen LogP contribution in [0.5, 0.6) is 0 Å². The molecule has 0 bridgehead atoms. The van der Waals surface area contributed by atoms with Crippen LogP contribution in [0.1, 0.15) is 29.9 Å². The van der Waals surface area contributed by atoms with Gasteiger partial charge < -0.3 is 10.6 Å². The zero-order chi connectivity index (χ0) is 10.1. The molecule has 4 nitrogen and oxygen atoms in total. The van der Waals surface area contributed by atoms with Gasteiger partial charge in [0.1, 0.15) is 6.33 Å². The Kier molecular flexibility index (Phi) is 2.48. The maximum Gasteiger partial charge on any atom is 0.116 e. The molecule has 0 saturated carbocycles. The van der Waals surface area contributed by atoms with Crippen LogP contribution in [-0.4, -0.2) is 28.5 Å². The summed E-state index contributed by atoms with van der Waals surface area (Å²) in [6.45, 7) is 3.96. The lowest BCUT2D eigenvalue weighted by Gasteiger charge is -2.26. The van der Waals surface area contributed by atoms with Crippen LogP contribution >= 0.6 is 0 Å². The number of nitrogens with zero attached hydrogens (tertiary/aromatic N) is 3. The Morgan fingerprint density at radius 2 is 2.29 bits per heavy atom. The molecular weight excluding hydrogens is 176 g/mol. The van der Waals surface area contributed by atoms with Crippen molar-refractivity contribution >= 4 is 0 Å². The van der Waals surface area contributed by atoms with E-state index >= 15 is 0 Å². The first kappa shape index (κ1) is 9.55. The number of nitrogens with two attached hydrogens (primary N) is 1. The van der Waals surface area contributed by atoms with Crippen molar-refractivity contribution in [3.05, 3.63) is 23.3 Å². The fourth-order valence-electron chi connectivity index (χ4n) is 1.89. The second-order valence-corrected chi connectivity index (χ2v) is 3.96. The maximum atomic E-state index is 5.87. The molecule has 76 valence electrons. The average molecular weight is 192 g/mol. The molecule has 1 unspecified atom stereocenters. The summed E-state index contributed by atoms with van der Waals surface area (Å²) in [5.41, 5.74) is 9.28. The summed E-state index contributed by atoms with van der Waals surface area (Å²) in [5, 5.41) is 0. The molecule has 2 N–H and O–H groups in total. The van der Waals surface area contributed by atoms with Crippen LogP contribution in [-0.2, 0) is 13.0 Å². The smallest absolute Gasteiger partial charge is 0.116 e. The Morgan fingerprint density at radius 1 is 1.50 bits per heavy atom. The van der Waals surface area contributed by atoms with Gasteiger partial charge in [-0.05, 0) is 14.0 Å². The molecular formula is C10H16N4. The normalized spacial score (nSPS) is 19.1. The molecule has 0 fully saturated rings. The first-order chi connectivity index (χ1) is 6.68. The van der Waals surface area contributed by atoms with Crippen molar-refractivity contribution in [1.29, 1.82) is 0 Å². The van der Waals surface area contributed by atoms with Gasteiger partial charge in [0.2, 0.25) is 0 Å². The highest BCUT2D eigenvalue weighted by Crippen LogP contribution is 2.21. The van der Waals surface area contributed by atoms with E-state index in [0.29, 0.717) is 0 Å². The molecule has 0 radical (unpaired) electrons. The summed E-state index contributed by atoms with van der Waals surface area (Å²) < 4.78 is 0. The highest BCUT2D eigenvalue weighted by Gasteiger charge is 2.19. The van der Waals surface area contributed by atoms with E-state index < -0.39 is 0 Å². The Balaban J connectivity index is 2.43. The lowest BCUT2D eigenvalue weighted by molar-refractivity contribution is 0.306. The van der Waals surface area contributed by atoms with E-state index in [4.69, 9.17) is 5.73 Å². The lowest BCUT2D eigenvalue weighted by atomic mass is 10.0. The summed E-state index contributed by atoms with van der Waals surface area (Å²) in [5.74, 6) is 0. The molecule has 1 aliphatic rings. The third kappa shape index (κ3) is 1.63. The van der Waals surface area contributed by atoms with E-state index in [2.05, 4.69) is 21.9 Å². The largest absolute Gasteiger partial charge is 0.323 e. The number of rotatable bonds is 1. The molecule has 1 aliphatic heterocycles. The van der Waals surface area contributed by atoms with Crippen molar-refractivity contribution < 1.29 is 0 Å². The standard InChI is InChI=1S/C10H16N4/c1-7(11)10-8-5-14(2)4-3-9(8)12-6-13-10/h6-7H,3-5,11H2,1-2H3. The van der Waals surface area contributed by atoms with Gasteiger partial charge in [-0.25, -0.2) is 9.97 Å². The van der Waals surface area contributed by atoms with E-state index in [1.54, 1.807) is 6.33 Å². The van der Waals surface area contributed by atoms with Gasteiger partial charge in [-0.3, -0.25) is 0 Å². The Labute approximate surface area is 84.2 Å². The minimum Gasteiger partial charge on any atom is -0.323 e. The molecule has 1 aromatic rings. The van der Waals surface area contributed by atoms with Gasteiger partial charge in [-0.1, -0.05) is 0 Å². The Hall–Kier alpha value is -1.00. The quantitative estimate of drug-likeness (QED) is 0.703. The van der Waals surface area contributed by atoms with Crippen LogP contribution < -0.4 is 5.73 Å². The van der Waals surface area contributed by atoms with E-state index in [1.165, 1.54) is 11.3 Å². The lowest BCUT2D eigenvalue weighted by Crippen LogP contribution is -2.29. The number of fused-ring (bicyclic) bond motifs is 1. The molecule has 0 spiro atoms. The minimum atomic E-state index is -0.00162. The van der Waals surface area contributed by atoms with Gasteiger partial charge >= 0.3 is 0 Å². The van der Waals surface area contributed by atoms with Gasteiger partial charge in [0.05, 0.1) is 5.69 Å². The van der Waals surface area contributed by atoms with Crippen LogP contribution in [0, 0.1) is 0 Å². The van der Waals surface area contributed by atoms with Gasteiger partial charge in [-0.15, -0.1) is 0 Å². The van der Waals surface area contributed by atoms with Gasteiger partial charge in [0.25, 0.3) is 0 Å². The number of hydrogen-bond acceptors (Lipinski definition) is 4. The maximum absolute atomic E-state index is 5.87. The second-order valence-electron chi connectivity index (χ2n) is 3.96. The van der Waals surface area contributed by atoms with Gasteiger partial charge in [0, 0.05) is 36.8 Å². The Morgan fingerprint density at radius 3 is 3.00 bits per heavy atom. The fourth-order valence-corrected chi connectivity index (χ4v) is 1.89. The second kappa shape index (κ2) is 3.63. The minimum absolute atomic E-state index is 0.00162. The van der Waals surface area contributed by atoms with Crippen molar-refractivity contribution in [3.8, 4) is 0 Å².